The van der Waals surface area contributed by atoms with Crippen LogP contribution in [0.4, 0.5) is 8.78 Å². The molecular formula is C13H14F2OS2. The molecule has 0 aromatic heterocycles. The van der Waals surface area contributed by atoms with Crippen molar-refractivity contribution in [3.8, 4) is 0 Å². The van der Waals surface area contributed by atoms with Gasteiger partial charge in [-0.3, -0.25) is 4.79 Å². The summed E-state index contributed by atoms with van der Waals surface area (Å²) in [7, 11) is 0. The van der Waals surface area contributed by atoms with Crippen molar-refractivity contribution in [2.24, 2.45) is 0 Å². The highest BCUT2D eigenvalue weighted by molar-refractivity contribution is 8.07. The molecule has 98 valence electrons. The molecule has 1 aliphatic heterocycles. The molecule has 1 heterocycles. The summed E-state index contributed by atoms with van der Waals surface area (Å²) < 4.78 is 26.8. The zero-order valence-electron chi connectivity index (χ0n) is 9.99. The molecule has 1 aliphatic rings. The molecular weight excluding hydrogens is 274 g/mol. The van der Waals surface area contributed by atoms with E-state index in [1.807, 2.05) is 6.92 Å². The number of thioether (sulfide) groups is 2. The standard InChI is InChI=1S/C13H14F2OS2/c1-2-10-13(18-7-6-17-10)12(16)8-4-3-5-9(14)11(8)15/h3-5,10,13H,2,6-7H2,1H3. The first-order valence-electron chi connectivity index (χ1n) is 5.86. The zero-order valence-corrected chi connectivity index (χ0v) is 11.6. The smallest absolute Gasteiger partial charge is 0.179 e. The van der Waals surface area contributed by atoms with Gasteiger partial charge in [-0.15, -0.1) is 11.8 Å². The highest BCUT2D eigenvalue weighted by Crippen LogP contribution is 2.35. The topological polar surface area (TPSA) is 17.1 Å². The maximum absolute atomic E-state index is 13.6. The van der Waals surface area contributed by atoms with Crippen molar-refractivity contribution >= 4 is 29.3 Å². The molecule has 2 rings (SSSR count). The molecule has 18 heavy (non-hydrogen) atoms. The summed E-state index contributed by atoms with van der Waals surface area (Å²) in [6.45, 7) is 2.02. The van der Waals surface area contributed by atoms with Gasteiger partial charge < -0.3 is 0 Å². The van der Waals surface area contributed by atoms with E-state index < -0.39 is 11.6 Å². The minimum atomic E-state index is -1.02. The van der Waals surface area contributed by atoms with Crippen molar-refractivity contribution in [1.82, 2.24) is 0 Å². The predicted octanol–water partition coefficient (Wildman–Crippen LogP) is 3.77. The van der Waals surface area contributed by atoms with E-state index in [2.05, 4.69) is 0 Å². The van der Waals surface area contributed by atoms with Gasteiger partial charge in [0.1, 0.15) is 0 Å². The second-order valence-electron chi connectivity index (χ2n) is 4.07. The van der Waals surface area contributed by atoms with E-state index in [0.717, 1.165) is 24.0 Å². The van der Waals surface area contributed by atoms with Crippen LogP contribution >= 0.6 is 23.5 Å². The number of ketones is 1. The predicted molar refractivity (Wildman–Crippen MR) is 73.5 cm³/mol. The van der Waals surface area contributed by atoms with Crippen molar-refractivity contribution in [2.45, 2.75) is 23.8 Å². The molecule has 0 N–H and O–H groups in total. The van der Waals surface area contributed by atoms with Crippen LogP contribution in [0, 0.1) is 11.6 Å². The van der Waals surface area contributed by atoms with E-state index in [0.29, 0.717) is 0 Å². The Hall–Kier alpha value is -0.550. The fourth-order valence-electron chi connectivity index (χ4n) is 1.99. The second kappa shape index (κ2) is 6.06. The van der Waals surface area contributed by atoms with Crippen molar-refractivity contribution < 1.29 is 13.6 Å². The summed E-state index contributed by atoms with van der Waals surface area (Å²) in [5, 5.41) is -0.0658. The molecule has 0 radical (unpaired) electrons. The van der Waals surface area contributed by atoms with Crippen LogP contribution in [0.1, 0.15) is 23.7 Å². The molecule has 1 aromatic rings. The van der Waals surface area contributed by atoms with Gasteiger partial charge in [-0.1, -0.05) is 13.0 Å². The Morgan fingerprint density at radius 3 is 2.78 bits per heavy atom. The first-order valence-corrected chi connectivity index (χ1v) is 7.96. The Morgan fingerprint density at radius 2 is 2.06 bits per heavy atom. The number of Topliss-reactive ketones (excluding diaryl/α,β-unsaturated/α-hetero) is 1. The average molecular weight is 288 g/mol. The second-order valence-corrected chi connectivity index (χ2v) is 6.67. The lowest BCUT2D eigenvalue weighted by Crippen LogP contribution is -2.33. The number of carbonyl (C=O) groups excluding carboxylic acids is 1. The highest BCUT2D eigenvalue weighted by atomic mass is 32.2. The van der Waals surface area contributed by atoms with Crippen LogP contribution in [0.5, 0.6) is 0 Å². The van der Waals surface area contributed by atoms with Gasteiger partial charge in [-0.2, -0.15) is 11.8 Å². The van der Waals surface area contributed by atoms with E-state index in [4.69, 9.17) is 0 Å². The quantitative estimate of drug-likeness (QED) is 0.788. The van der Waals surface area contributed by atoms with Crippen LogP contribution < -0.4 is 0 Å². The largest absolute Gasteiger partial charge is 0.293 e. The highest BCUT2D eigenvalue weighted by Gasteiger charge is 2.33. The summed E-state index contributed by atoms with van der Waals surface area (Å²) in [4.78, 5) is 12.3. The molecule has 0 saturated carbocycles. The third-order valence-electron chi connectivity index (χ3n) is 2.93. The molecule has 1 saturated heterocycles. The van der Waals surface area contributed by atoms with Crippen LogP contribution in [0.25, 0.3) is 0 Å². The van der Waals surface area contributed by atoms with Crippen molar-refractivity contribution in [3.63, 3.8) is 0 Å². The third-order valence-corrected chi connectivity index (χ3v) is 6.17. The van der Waals surface area contributed by atoms with Crippen LogP contribution in [-0.2, 0) is 0 Å². The number of halogens is 2. The Kier molecular flexibility index (Phi) is 4.67. The molecule has 1 fully saturated rings. The lowest BCUT2D eigenvalue weighted by Gasteiger charge is -2.28. The number of rotatable bonds is 3. The zero-order chi connectivity index (χ0) is 13.1. The van der Waals surface area contributed by atoms with Crippen molar-refractivity contribution in [2.75, 3.05) is 11.5 Å². The average Bonchev–Trinajstić information content (AvgIpc) is 2.41. The Morgan fingerprint density at radius 1 is 1.33 bits per heavy atom. The van der Waals surface area contributed by atoms with Crippen LogP contribution in [0.3, 0.4) is 0 Å². The maximum atomic E-state index is 13.6. The minimum absolute atomic E-state index is 0.117. The first-order chi connectivity index (χ1) is 8.65. The maximum Gasteiger partial charge on any atom is 0.179 e. The Balaban J connectivity index is 2.27. The Bertz CT molecular complexity index is 451. The first kappa shape index (κ1) is 13.9. The normalized spacial score (nSPS) is 23.9. The molecule has 0 aliphatic carbocycles. The van der Waals surface area contributed by atoms with Crippen LogP contribution in [-0.4, -0.2) is 27.8 Å². The van der Waals surface area contributed by atoms with E-state index in [9.17, 15) is 13.6 Å². The van der Waals surface area contributed by atoms with Crippen LogP contribution in [0.2, 0.25) is 0 Å². The van der Waals surface area contributed by atoms with Gasteiger partial charge in [0.25, 0.3) is 0 Å². The van der Waals surface area contributed by atoms with E-state index in [1.54, 1.807) is 23.5 Å². The summed E-state index contributed by atoms with van der Waals surface area (Å²) in [6, 6.07) is 3.78. The van der Waals surface area contributed by atoms with E-state index in [-0.39, 0.29) is 21.8 Å². The molecule has 0 amide bonds. The fraction of sp³-hybridized carbons (Fsp3) is 0.462. The summed E-state index contributed by atoms with van der Waals surface area (Å²) >= 11 is 3.30. The lowest BCUT2D eigenvalue weighted by atomic mass is 10.0. The van der Waals surface area contributed by atoms with Gasteiger partial charge in [0.05, 0.1) is 10.8 Å². The molecule has 2 atom stereocenters. The van der Waals surface area contributed by atoms with Crippen molar-refractivity contribution in [3.05, 3.63) is 35.4 Å². The molecule has 5 heteroatoms. The molecule has 0 bridgehead atoms. The van der Waals surface area contributed by atoms with Gasteiger partial charge in [0.2, 0.25) is 0 Å². The fourth-order valence-corrected chi connectivity index (χ4v) is 5.01. The Labute approximate surface area is 114 Å². The molecule has 2 unspecified atom stereocenters. The number of benzene rings is 1. The van der Waals surface area contributed by atoms with Gasteiger partial charge >= 0.3 is 0 Å². The van der Waals surface area contributed by atoms with E-state index >= 15 is 0 Å². The summed E-state index contributed by atoms with van der Waals surface area (Å²) in [5.74, 6) is -0.362. The lowest BCUT2D eigenvalue weighted by molar-refractivity contribution is 0.0983. The minimum Gasteiger partial charge on any atom is -0.293 e. The van der Waals surface area contributed by atoms with Crippen LogP contribution in [0.15, 0.2) is 18.2 Å². The number of hydrogen-bond acceptors (Lipinski definition) is 3. The third kappa shape index (κ3) is 2.72. The summed E-state index contributed by atoms with van der Waals surface area (Å²) in [5.41, 5.74) is -0.117. The molecule has 1 aromatic carbocycles. The van der Waals surface area contributed by atoms with Crippen molar-refractivity contribution in [1.29, 1.82) is 0 Å². The molecule has 0 spiro atoms. The SMILES string of the molecule is CCC1SCCSC1C(=O)c1cccc(F)c1F. The van der Waals surface area contributed by atoms with Gasteiger partial charge in [0, 0.05) is 16.8 Å². The van der Waals surface area contributed by atoms with E-state index in [1.165, 1.54) is 12.1 Å². The molecule has 1 nitrogen and oxygen atoms in total. The van der Waals surface area contributed by atoms with Gasteiger partial charge in [-0.05, 0) is 18.6 Å². The van der Waals surface area contributed by atoms with Gasteiger partial charge in [-0.25, -0.2) is 8.78 Å². The summed E-state index contributed by atoms with van der Waals surface area (Å²) in [6.07, 6.45) is 0.866. The number of hydrogen-bond donors (Lipinski definition) is 0. The monoisotopic (exact) mass is 288 g/mol. The number of carbonyl (C=O) groups is 1. The van der Waals surface area contributed by atoms with Gasteiger partial charge in [0.15, 0.2) is 17.4 Å².